The van der Waals surface area contributed by atoms with Gasteiger partial charge < -0.3 is 14.5 Å². The van der Waals surface area contributed by atoms with Crippen LogP contribution in [0.2, 0.25) is 0 Å². The third-order valence-electron chi connectivity index (χ3n) is 5.02. The molecule has 2 amide bonds. The van der Waals surface area contributed by atoms with E-state index in [9.17, 15) is 14.4 Å². The molecule has 0 aromatic heterocycles. The van der Waals surface area contributed by atoms with Crippen LogP contribution in [0.4, 0.5) is 5.69 Å². The molecule has 6 nitrogen and oxygen atoms in total. The zero-order chi connectivity index (χ0) is 18.7. The normalized spacial score (nSPS) is 21.2. The first-order chi connectivity index (χ1) is 12.5. The van der Waals surface area contributed by atoms with Gasteiger partial charge in [-0.05, 0) is 38.0 Å². The van der Waals surface area contributed by atoms with E-state index in [2.05, 4.69) is 15.9 Å². The molecule has 2 heterocycles. The van der Waals surface area contributed by atoms with Crippen molar-refractivity contribution >= 4 is 39.4 Å². The number of anilines is 1. The van der Waals surface area contributed by atoms with Crippen molar-refractivity contribution in [3.8, 4) is 0 Å². The Kier molecular flexibility index (Phi) is 5.96. The lowest BCUT2D eigenvalue weighted by Crippen LogP contribution is -2.44. The first-order valence-electron chi connectivity index (χ1n) is 9.01. The van der Waals surface area contributed by atoms with Crippen molar-refractivity contribution in [3.63, 3.8) is 0 Å². The average molecular weight is 423 g/mol. The number of rotatable bonds is 4. The Hall–Kier alpha value is -1.89. The summed E-state index contributed by atoms with van der Waals surface area (Å²) in [4.78, 5) is 40.5. The topological polar surface area (TPSA) is 66.9 Å². The molecule has 0 N–H and O–H groups in total. The maximum absolute atomic E-state index is 12.8. The average Bonchev–Trinajstić information content (AvgIpc) is 3.03. The molecule has 1 aromatic rings. The van der Waals surface area contributed by atoms with E-state index in [0.29, 0.717) is 39.1 Å². The summed E-state index contributed by atoms with van der Waals surface area (Å²) < 4.78 is 5.97. The molecule has 26 heavy (non-hydrogen) atoms. The highest BCUT2D eigenvalue weighted by atomic mass is 79.9. The van der Waals surface area contributed by atoms with Crippen molar-refractivity contribution in [2.75, 3.05) is 31.1 Å². The van der Waals surface area contributed by atoms with E-state index in [1.165, 1.54) is 0 Å². The van der Waals surface area contributed by atoms with E-state index in [0.717, 1.165) is 10.2 Å². The van der Waals surface area contributed by atoms with E-state index in [1.807, 2.05) is 24.3 Å². The van der Waals surface area contributed by atoms with Crippen LogP contribution in [-0.4, -0.2) is 48.9 Å². The molecule has 0 aliphatic carbocycles. The van der Waals surface area contributed by atoms with Crippen LogP contribution in [0.15, 0.2) is 28.7 Å². The van der Waals surface area contributed by atoms with Crippen LogP contribution in [0.25, 0.3) is 0 Å². The summed E-state index contributed by atoms with van der Waals surface area (Å²) in [5, 5.41) is 0. The highest BCUT2D eigenvalue weighted by Gasteiger charge is 2.38. The fourth-order valence-corrected chi connectivity index (χ4v) is 4.01. The second-order valence-electron chi connectivity index (χ2n) is 6.74. The molecule has 0 bridgehead atoms. The van der Waals surface area contributed by atoms with Crippen molar-refractivity contribution < 1.29 is 19.1 Å². The number of hydrogen-bond acceptors (Lipinski definition) is 4. The van der Waals surface area contributed by atoms with Crippen molar-refractivity contribution in [3.05, 3.63) is 28.7 Å². The third kappa shape index (κ3) is 4.09. The molecule has 2 aliphatic heterocycles. The van der Waals surface area contributed by atoms with Crippen molar-refractivity contribution in [1.82, 2.24) is 4.90 Å². The lowest BCUT2D eigenvalue weighted by atomic mass is 9.95. The van der Waals surface area contributed by atoms with Gasteiger partial charge in [0.1, 0.15) is 0 Å². The number of hydrogen-bond donors (Lipinski definition) is 0. The van der Waals surface area contributed by atoms with Crippen molar-refractivity contribution in [1.29, 1.82) is 0 Å². The Balaban J connectivity index is 1.58. The summed E-state index contributed by atoms with van der Waals surface area (Å²) in [6, 6.07) is 7.54. The molecule has 140 valence electrons. The minimum Gasteiger partial charge on any atom is -0.466 e. The molecule has 1 atom stereocenters. The van der Waals surface area contributed by atoms with Gasteiger partial charge in [-0.1, -0.05) is 22.0 Å². The number of piperidine rings is 1. The zero-order valence-electron chi connectivity index (χ0n) is 14.8. The van der Waals surface area contributed by atoms with Gasteiger partial charge in [-0.15, -0.1) is 0 Å². The lowest BCUT2D eigenvalue weighted by molar-refractivity contribution is -0.151. The Labute approximate surface area is 161 Å². The summed E-state index contributed by atoms with van der Waals surface area (Å²) in [6.45, 7) is 3.68. The minimum atomic E-state index is -0.319. The highest BCUT2D eigenvalue weighted by molar-refractivity contribution is 9.10. The quantitative estimate of drug-likeness (QED) is 0.699. The lowest BCUT2D eigenvalue weighted by Gasteiger charge is -2.32. The van der Waals surface area contributed by atoms with Gasteiger partial charge in [0.15, 0.2) is 0 Å². The first-order valence-corrected chi connectivity index (χ1v) is 9.80. The molecule has 0 radical (unpaired) electrons. The first kappa shape index (κ1) is 18.9. The molecule has 2 fully saturated rings. The monoisotopic (exact) mass is 422 g/mol. The Morgan fingerprint density at radius 1 is 1.23 bits per heavy atom. The Morgan fingerprint density at radius 2 is 1.96 bits per heavy atom. The van der Waals surface area contributed by atoms with Gasteiger partial charge in [0.2, 0.25) is 11.8 Å². The molecule has 7 heteroatoms. The molecule has 1 aromatic carbocycles. The summed E-state index contributed by atoms with van der Waals surface area (Å²) >= 11 is 3.41. The summed E-state index contributed by atoms with van der Waals surface area (Å²) in [5.41, 5.74) is 0.806. The fourth-order valence-electron chi connectivity index (χ4n) is 3.62. The van der Waals surface area contributed by atoms with Crippen molar-refractivity contribution in [2.24, 2.45) is 11.8 Å². The SMILES string of the molecule is CCOC(=O)C1CCN(C(=O)C2CC(=O)N(c3cccc(Br)c3)C2)CC1. The zero-order valence-corrected chi connectivity index (χ0v) is 16.4. The Morgan fingerprint density at radius 3 is 2.62 bits per heavy atom. The summed E-state index contributed by atoms with van der Waals surface area (Å²) in [5.74, 6) is -0.625. The summed E-state index contributed by atoms with van der Waals surface area (Å²) in [7, 11) is 0. The van der Waals surface area contributed by atoms with Crippen LogP contribution in [0, 0.1) is 11.8 Å². The van der Waals surface area contributed by atoms with Gasteiger partial charge in [0, 0.05) is 36.2 Å². The van der Waals surface area contributed by atoms with E-state index in [-0.39, 0.29) is 36.0 Å². The van der Waals surface area contributed by atoms with Crippen LogP contribution in [0.3, 0.4) is 0 Å². The van der Waals surface area contributed by atoms with Gasteiger partial charge >= 0.3 is 5.97 Å². The maximum atomic E-state index is 12.8. The van der Waals surface area contributed by atoms with Gasteiger partial charge in [-0.25, -0.2) is 0 Å². The highest BCUT2D eigenvalue weighted by Crippen LogP contribution is 2.29. The molecular weight excluding hydrogens is 400 g/mol. The van der Waals surface area contributed by atoms with Crippen LogP contribution >= 0.6 is 15.9 Å². The van der Waals surface area contributed by atoms with Gasteiger partial charge in [-0.2, -0.15) is 0 Å². The van der Waals surface area contributed by atoms with Gasteiger partial charge in [-0.3, -0.25) is 14.4 Å². The number of carbonyl (C=O) groups is 3. The predicted molar refractivity (Wildman–Crippen MR) is 101 cm³/mol. The fraction of sp³-hybridized carbons (Fsp3) is 0.526. The number of benzene rings is 1. The molecule has 2 saturated heterocycles. The molecule has 0 saturated carbocycles. The number of amides is 2. The van der Waals surface area contributed by atoms with Crippen LogP contribution in [0.5, 0.6) is 0 Å². The second kappa shape index (κ2) is 8.20. The van der Waals surface area contributed by atoms with E-state index in [1.54, 1.807) is 16.7 Å². The number of nitrogens with zero attached hydrogens (tertiary/aromatic N) is 2. The minimum absolute atomic E-state index is 0.0122. The molecule has 1 unspecified atom stereocenters. The van der Waals surface area contributed by atoms with Gasteiger partial charge in [0.25, 0.3) is 0 Å². The van der Waals surface area contributed by atoms with Crippen LogP contribution < -0.4 is 4.90 Å². The number of carbonyl (C=O) groups excluding carboxylic acids is 3. The summed E-state index contributed by atoms with van der Waals surface area (Å²) in [6.07, 6.45) is 1.49. The number of ether oxygens (including phenoxy) is 1. The van der Waals surface area contributed by atoms with Crippen LogP contribution in [-0.2, 0) is 19.1 Å². The number of esters is 1. The maximum Gasteiger partial charge on any atom is 0.309 e. The Bertz CT molecular complexity index is 701. The van der Waals surface area contributed by atoms with Crippen LogP contribution in [0.1, 0.15) is 26.2 Å². The van der Waals surface area contributed by atoms with Gasteiger partial charge in [0.05, 0.1) is 18.4 Å². The van der Waals surface area contributed by atoms with Crippen molar-refractivity contribution in [2.45, 2.75) is 26.2 Å². The molecular formula is C19H23BrN2O4. The third-order valence-corrected chi connectivity index (χ3v) is 5.51. The smallest absolute Gasteiger partial charge is 0.309 e. The molecule has 2 aliphatic rings. The number of halogens is 1. The predicted octanol–water partition coefficient (Wildman–Crippen LogP) is 2.60. The van der Waals surface area contributed by atoms with E-state index < -0.39 is 0 Å². The molecule has 0 spiro atoms. The largest absolute Gasteiger partial charge is 0.466 e. The molecule has 3 rings (SSSR count). The second-order valence-corrected chi connectivity index (χ2v) is 7.65. The standard InChI is InChI=1S/C19H23BrN2O4/c1-2-26-19(25)13-6-8-21(9-7-13)18(24)14-10-17(23)22(12-14)16-5-3-4-15(20)11-16/h3-5,11,13-14H,2,6-10,12H2,1H3. The van der Waals surface area contributed by atoms with E-state index >= 15 is 0 Å². The number of likely N-dealkylation sites (tertiary alicyclic amines) is 1. The van der Waals surface area contributed by atoms with E-state index in [4.69, 9.17) is 4.74 Å².